The van der Waals surface area contributed by atoms with Gasteiger partial charge in [-0.15, -0.1) is 0 Å². The first kappa shape index (κ1) is 15.0. The van der Waals surface area contributed by atoms with E-state index < -0.39 is 33.2 Å². The Morgan fingerprint density at radius 2 is 2.00 bits per heavy atom. The standard InChI is InChI=1S/C11H14N2O5S/c1-18-11(15)7-19(16,17)6-10(14)13-9-4-2-3-8(12)5-9/h2-5H,6-7,12H2,1H3,(H,13,14). The molecular formula is C11H14N2O5S. The van der Waals surface area contributed by atoms with E-state index in [1.807, 2.05) is 0 Å². The molecular weight excluding hydrogens is 272 g/mol. The van der Waals surface area contributed by atoms with Crippen LogP contribution < -0.4 is 11.1 Å². The Bertz CT molecular complexity index is 583. The lowest BCUT2D eigenvalue weighted by Crippen LogP contribution is -2.28. The molecule has 0 aliphatic carbocycles. The largest absolute Gasteiger partial charge is 0.468 e. The van der Waals surface area contributed by atoms with Crippen LogP contribution in [0, 0.1) is 0 Å². The Balaban J connectivity index is 2.63. The fourth-order valence-corrected chi connectivity index (χ4v) is 2.35. The van der Waals surface area contributed by atoms with E-state index in [1.54, 1.807) is 18.2 Å². The Labute approximate surface area is 110 Å². The lowest BCUT2D eigenvalue weighted by molar-refractivity contribution is -0.137. The summed E-state index contributed by atoms with van der Waals surface area (Å²) in [6, 6.07) is 6.31. The minimum absolute atomic E-state index is 0.387. The van der Waals surface area contributed by atoms with Crippen LogP contribution in [0.3, 0.4) is 0 Å². The second-order valence-corrected chi connectivity index (χ2v) is 5.85. The maximum absolute atomic E-state index is 11.5. The van der Waals surface area contributed by atoms with Gasteiger partial charge in [-0.3, -0.25) is 9.59 Å². The van der Waals surface area contributed by atoms with Gasteiger partial charge in [0.25, 0.3) is 0 Å². The molecule has 0 radical (unpaired) electrons. The second kappa shape index (κ2) is 6.19. The Morgan fingerprint density at radius 3 is 2.58 bits per heavy atom. The van der Waals surface area contributed by atoms with Crippen molar-refractivity contribution in [1.29, 1.82) is 0 Å². The third-order valence-corrected chi connectivity index (χ3v) is 3.46. The van der Waals surface area contributed by atoms with Gasteiger partial charge < -0.3 is 15.8 Å². The first-order valence-electron chi connectivity index (χ1n) is 5.25. The number of esters is 1. The summed E-state index contributed by atoms with van der Waals surface area (Å²) in [4.78, 5) is 22.4. The van der Waals surface area contributed by atoms with Gasteiger partial charge in [-0.25, -0.2) is 8.42 Å². The highest BCUT2D eigenvalue weighted by atomic mass is 32.2. The van der Waals surface area contributed by atoms with Crippen LogP contribution in [0.5, 0.6) is 0 Å². The van der Waals surface area contributed by atoms with Gasteiger partial charge in [0.05, 0.1) is 7.11 Å². The maximum Gasteiger partial charge on any atom is 0.320 e. The number of anilines is 2. The number of hydrogen-bond donors (Lipinski definition) is 2. The minimum atomic E-state index is -3.84. The predicted molar refractivity (Wildman–Crippen MR) is 70.2 cm³/mol. The molecule has 0 aliphatic rings. The molecule has 8 heteroatoms. The number of nitrogen functional groups attached to an aromatic ring is 1. The molecule has 7 nitrogen and oxygen atoms in total. The topological polar surface area (TPSA) is 116 Å². The first-order chi connectivity index (χ1) is 8.82. The molecule has 0 aromatic heterocycles. The van der Waals surface area contributed by atoms with E-state index in [9.17, 15) is 18.0 Å². The molecule has 1 aromatic rings. The zero-order valence-electron chi connectivity index (χ0n) is 10.3. The van der Waals surface area contributed by atoms with Gasteiger partial charge in [0, 0.05) is 11.4 Å². The van der Waals surface area contributed by atoms with Gasteiger partial charge in [-0.2, -0.15) is 0 Å². The Kier molecular flexibility index (Phi) is 4.87. The third kappa shape index (κ3) is 5.38. The van der Waals surface area contributed by atoms with Crippen LogP contribution in [0.25, 0.3) is 0 Å². The van der Waals surface area contributed by atoms with Crippen LogP contribution >= 0.6 is 0 Å². The number of carbonyl (C=O) groups excluding carboxylic acids is 2. The lowest BCUT2D eigenvalue weighted by atomic mass is 10.3. The normalized spacial score (nSPS) is 10.8. The van der Waals surface area contributed by atoms with Gasteiger partial charge in [0.1, 0.15) is 11.5 Å². The quantitative estimate of drug-likeness (QED) is 0.572. The molecule has 0 bridgehead atoms. The minimum Gasteiger partial charge on any atom is -0.468 e. The molecule has 1 rings (SSSR count). The number of nitrogens with one attached hydrogen (secondary N) is 1. The van der Waals surface area contributed by atoms with Gasteiger partial charge in [-0.1, -0.05) is 6.07 Å². The molecule has 0 unspecified atom stereocenters. The molecule has 0 atom stereocenters. The molecule has 3 N–H and O–H groups in total. The third-order valence-electron chi connectivity index (χ3n) is 2.09. The molecule has 0 spiro atoms. The highest BCUT2D eigenvalue weighted by Crippen LogP contribution is 2.11. The number of methoxy groups -OCH3 is 1. The highest BCUT2D eigenvalue weighted by molar-refractivity contribution is 7.92. The Morgan fingerprint density at radius 1 is 1.32 bits per heavy atom. The lowest BCUT2D eigenvalue weighted by Gasteiger charge is -2.06. The summed E-state index contributed by atoms with van der Waals surface area (Å²) >= 11 is 0. The predicted octanol–water partition coefficient (Wildman–Crippen LogP) is -0.205. The van der Waals surface area contributed by atoms with Crippen LogP contribution in [0.2, 0.25) is 0 Å². The number of hydrogen-bond acceptors (Lipinski definition) is 6. The monoisotopic (exact) mass is 286 g/mol. The van der Waals surface area contributed by atoms with E-state index in [0.29, 0.717) is 11.4 Å². The van der Waals surface area contributed by atoms with Crippen molar-refractivity contribution < 1.29 is 22.7 Å². The summed E-state index contributed by atoms with van der Waals surface area (Å²) in [5.74, 6) is -3.27. The number of amides is 1. The summed E-state index contributed by atoms with van der Waals surface area (Å²) in [6.45, 7) is 0. The SMILES string of the molecule is COC(=O)CS(=O)(=O)CC(=O)Nc1cccc(N)c1. The molecule has 0 heterocycles. The summed E-state index contributed by atoms with van der Waals surface area (Å²) in [6.07, 6.45) is 0. The average molecular weight is 286 g/mol. The first-order valence-corrected chi connectivity index (χ1v) is 7.07. The van der Waals surface area contributed by atoms with Crippen molar-refractivity contribution in [2.45, 2.75) is 0 Å². The molecule has 19 heavy (non-hydrogen) atoms. The van der Waals surface area contributed by atoms with Crippen molar-refractivity contribution in [2.24, 2.45) is 0 Å². The van der Waals surface area contributed by atoms with Crippen molar-refractivity contribution >= 4 is 33.1 Å². The molecule has 1 amide bonds. The fourth-order valence-electron chi connectivity index (χ4n) is 1.30. The highest BCUT2D eigenvalue weighted by Gasteiger charge is 2.21. The van der Waals surface area contributed by atoms with E-state index in [2.05, 4.69) is 10.1 Å². The van der Waals surface area contributed by atoms with Crippen molar-refractivity contribution in [3.8, 4) is 0 Å². The van der Waals surface area contributed by atoms with Gasteiger partial charge in [-0.05, 0) is 18.2 Å². The van der Waals surface area contributed by atoms with E-state index in [0.717, 1.165) is 7.11 Å². The number of benzene rings is 1. The fraction of sp³-hybridized carbons (Fsp3) is 0.273. The molecule has 0 fully saturated rings. The summed E-state index contributed by atoms with van der Waals surface area (Å²) in [5.41, 5.74) is 6.34. The van der Waals surface area contributed by atoms with Crippen LogP contribution in [0.1, 0.15) is 0 Å². The number of ether oxygens (including phenoxy) is 1. The van der Waals surface area contributed by atoms with Crippen LogP contribution in [-0.4, -0.2) is 38.9 Å². The summed E-state index contributed by atoms with van der Waals surface area (Å²) < 4.78 is 27.2. The molecule has 0 saturated carbocycles. The van der Waals surface area contributed by atoms with E-state index in [-0.39, 0.29) is 0 Å². The summed E-state index contributed by atoms with van der Waals surface area (Å²) in [7, 11) is -2.77. The molecule has 104 valence electrons. The average Bonchev–Trinajstić information content (AvgIpc) is 2.26. The van der Waals surface area contributed by atoms with Gasteiger partial charge in [0.2, 0.25) is 5.91 Å². The Hall–Kier alpha value is -2.09. The van der Waals surface area contributed by atoms with Gasteiger partial charge in [0.15, 0.2) is 9.84 Å². The van der Waals surface area contributed by atoms with Crippen molar-refractivity contribution in [2.75, 3.05) is 29.7 Å². The number of sulfone groups is 1. The zero-order chi connectivity index (χ0) is 14.5. The van der Waals surface area contributed by atoms with Crippen LogP contribution in [0.4, 0.5) is 11.4 Å². The smallest absolute Gasteiger partial charge is 0.320 e. The van der Waals surface area contributed by atoms with Crippen LogP contribution in [0.15, 0.2) is 24.3 Å². The molecule has 0 saturated heterocycles. The number of nitrogens with two attached hydrogens (primary N) is 1. The molecule has 0 aliphatic heterocycles. The second-order valence-electron chi connectivity index (χ2n) is 3.78. The zero-order valence-corrected chi connectivity index (χ0v) is 11.1. The maximum atomic E-state index is 11.5. The number of carbonyl (C=O) groups is 2. The summed E-state index contributed by atoms with van der Waals surface area (Å²) in [5, 5.41) is 2.38. The van der Waals surface area contributed by atoms with Crippen molar-refractivity contribution in [1.82, 2.24) is 0 Å². The van der Waals surface area contributed by atoms with E-state index >= 15 is 0 Å². The van der Waals surface area contributed by atoms with E-state index in [1.165, 1.54) is 6.07 Å². The van der Waals surface area contributed by atoms with E-state index in [4.69, 9.17) is 5.73 Å². The molecule has 1 aromatic carbocycles. The van der Waals surface area contributed by atoms with Crippen LogP contribution in [-0.2, 0) is 24.2 Å². The number of rotatable bonds is 5. The van der Waals surface area contributed by atoms with Crippen molar-refractivity contribution in [3.05, 3.63) is 24.3 Å². The van der Waals surface area contributed by atoms with Gasteiger partial charge >= 0.3 is 5.97 Å². The van der Waals surface area contributed by atoms with Crippen molar-refractivity contribution in [3.63, 3.8) is 0 Å².